The molecule has 0 radical (unpaired) electrons. The van der Waals surface area contributed by atoms with Crippen molar-refractivity contribution >= 4 is 5.91 Å². The Kier molecular flexibility index (Phi) is 4.87. The van der Waals surface area contributed by atoms with E-state index in [1.165, 1.54) is 6.07 Å². The van der Waals surface area contributed by atoms with Crippen LogP contribution >= 0.6 is 0 Å². The Hall–Kier alpha value is -1.46. The molecule has 1 aliphatic rings. The number of carbonyl (C=O) groups excluding carboxylic acids is 1. The molecule has 1 atom stereocenters. The third-order valence-electron chi connectivity index (χ3n) is 3.45. The van der Waals surface area contributed by atoms with Crippen molar-refractivity contribution in [3.63, 3.8) is 0 Å². The summed E-state index contributed by atoms with van der Waals surface area (Å²) >= 11 is 0. The van der Waals surface area contributed by atoms with Gasteiger partial charge in [-0.05, 0) is 24.9 Å². The van der Waals surface area contributed by atoms with Gasteiger partial charge in [0.1, 0.15) is 12.4 Å². The number of carbonyl (C=O) groups is 1. The summed E-state index contributed by atoms with van der Waals surface area (Å²) in [4.78, 5) is 13.2. The predicted octanol–water partition coefficient (Wildman–Crippen LogP) is 0.756. The lowest BCUT2D eigenvalue weighted by atomic mass is 10.1. The number of nitrogens with zero attached hydrogens (tertiary/aromatic N) is 1. The molecular formula is C14H19FN2O2. The maximum absolute atomic E-state index is 13.5. The van der Waals surface area contributed by atoms with Gasteiger partial charge in [0.15, 0.2) is 0 Å². The number of rotatable bonds is 5. The van der Waals surface area contributed by atoms with Gasteiger partial charge < -0.3 is 10.4 Å². The SMILES string of the molecule is O=C(CO)NCC1CCN(Cc2ccccc2F)C1. The minimum Gasteiger partial charge on any atom is -0.387 e. The Balaban J connectivity index is 1.79. The number of amides is 1. The zero-order valence-electron chi connectivity index (χ0n) is 10.8. The van der Waals surface area contributed by atoms with Gasteiger partial charge in [-0.15, -0.1) is 0 Å². The second-order valence-electron chi connectivity index (χ2n) is 4.94. The first-order valence-corrected chi connectivity index (χ1v) is 6.52. The summed E-state index contributed by atoms with van der Waals surface area (Å²) in [5.41, 5.74) is 0.711. The van der Waals surface area contributed by atoms with Gasteiger partial charge in [-0.25, -0.2) is 4.39 Å². The number of hydrogen-bond acceptors (Lipinski definition) is 3. The first kappa shape index (κ1) is 14.0. The minimum atomic E-state index is -0.467. The van der Waals surface area contributed by atoms with Crippen LogP contribution in [0.1, 0.15) is 12.0 Å². The van der Waals surface area contributed by atoms with Crippen molar-refractivity contribution in [2.45, 2.75) is 13.0 Å². The molecular weight excluding hydrogens is 247 g/mol. The highest BCUT2D eigenvalue weighted by molar-refractivity contribution is 5.76. The summed E-state index contributed by atoms with van der Waals surface area (Å²) in [5.74, 6) is -0.130. The molecule has 1 aromatic carbocycles. The van der Waals surface area contributed by atoms with Crippen LogP contribution in [0, 0.1) is 11.7 Å². The molecule has 5 heteroatoms. The number of aliphatic hydroxyl groups excluding tert-OH is 1. The minimum absolute atomic E-state index is 0.167. The predicted molar refractivity (Wildman–Crippen MR) is 69.9 cm³/mol. The van der Waals surface area contributed by atoms with Gasteiger partial charge >= 0.3 is 0 Å². The Bertz CT molecular complexity index is 439. The number of aliphatic hydroxyl groups is 1. The molecule has 104 valence electrons. The second kappa shape index (κ2) is 6.63. The smallest absolute Gasteiger partial charge is 0.245 e. The standard InChI is InChI=1S/C14H19FN2O2/c15-13-4-2-1-3-12(13)9-17-6-5-11(8-17)7-16-14(19)10-18/h1-4,11,18H,5-10H2,(H,16,19). The molecule has 1 amide bonds. The van der Waals surface area contributed by atoms with E-state index in [2.05, 4.69) is 10.2 Å². The van der Waals surface area contributed by atoms with Gasteiger partial charge in [0.2, 0.25) is 5.91 Å². The highest BCUT2D eigenvalue weighted by Gasteiger charge is 2.23. The summed E-state index contributed by atoms with van der Waals surface area (Å²) in [7, 11) is 0. The van der Waals surface area contributed by atoms with Crippen LogP contribution in [-0.4, -0.2) is 42.2 Å². The molecule has 1 aromatic rings. The van der Waals surface area contributed by atoms with Crippen LogP contribution in [0.4, 0.5) is 4.39 Å². The number of halogens is 1. The Morgan fingerprint density at radius 3 is 3.00 bits per heavy atom. The van der Waals surface area contributed by atoms with Crippen LogP contribution in [0.15, 0.2) is 24.3 Å². The lowest BCUT2D eigenvalue weighted by Crippen LogP contribution is -2.32. The molecule has 1 fully saturated rings. The summed E-state index contributed by atoms with van der Waals surface area (Å²) in [5, 5.41) is 11.3. The summed E-state index contributed by atoms with van der Waals surface area (Å²) in [6, 6.07) is 6.81. The van der Waals surface area contributed by atoms with E-state index in [1.807, 2.05) is 6.07 Å². The van der Waals surface area contributed by atoms with Crippen LogP contribution < -0.4 is 5.32 Å². The van der Waals surface area contributed by atoms with Gasteiger partial charge in [-0.3, -0.25) is 9.69 Å². The quantitative estimate of drug-likeness (QED) is 0.827. The van der Waals surface area contributed by atoms with Crippen molar-refractivity contribution in [2.75, 3.05) is 26.2 Å². The van der Waals surface area contributed by atoms with Crippen molar-refractivity contribution in [1.82, 2.24) is 10.2 Å². The number of benzene rings is 1. The van der Waals surface area contributed by atoms with E-state index in [9.17, 15) is 9.18 Å². The van der Waals surface area contributed by atoms with E-state index < -0.39 is 6.61 Å². The van der Waals surface area contributed by atoms with Gasteiger partial charge in [0.05, 0.1) is 0 Å². The fourth-order valence-corrected chi connectivity index (χ4v) is 2.40. The van der Waals surface area contributed by atoms with E-state index in [4.69, 9.17) is 5.11 Å². The van der Waals surface area contributed by atoms with Crippen LogP contribution in [0.5, 0.6) is 0 Å². The van der Waals surface area contributed by atoms with Crippen LogP contribution in [0.3, 0.4) is 0 Å². The highest BCUT2D eigenvalue weighted by atomic mass is 19.1. The van der Waals surface area contributed by atoms with Crippen molar-refractivity contribution in [1.29, 1.82) is 0 Å². The van der Waals surface area contributed by atoms with E-state index in [0.717, 1.165) is 19.5 Å². The number of likely N-dealkylation sites (tertiary alicyclic amines) is 1. The molecule has 0 spiro atoms. The molecule has 0 aromatic heterocycles. The van der Waals surface area contributed by atoms with Gasteiger partial charge in [-0.2, -0.15) is 0 Å². The molecule has 4 nitrogen and oxygen atoms in total. The first-order chi connectivity index (χ1) is 9.19. The Morgan fingerprint density at radius 1 is 1.47 bits per heavy atom. The molecule has 0 aliphatic carbocycles. The van der Waals surface area contributed by atoms with Gasteiger partial charge in [0.25, 0.3) is 0 Å². The third kappa shape index (κ3) is 4.01. The largest absolute Gasteiger partial charge is 0.387 e. The third-order valence-corrected chi connectivity index (χ3v) is 3.45. The molecule has 2 rings (SSSR count). The average molecular weight is 266 g/mol. The lowest BCUT2D eigenvalue weighted by molar-refractivity contribution is -0.123. The van der Waals surface area contributed by atoms with Crippen LogP contribution in [-0.2, 0) is 11.3 Å². The maximum Gasteiger partial charge on any atom is 0.245 e. The fraction of sp³-hybridized carbons (Fsp3) is 0.500. The van der Waals surface area contributed by atoms with E-state index >= 15 is 0 Å². The molecule has 1 saturated heterocycles. The molecule has 0 saturated carbocycles. The first-order valence-electron chi connectivity index (χ1n) is 6.52. The number of hydrogen-bond donors (Lipinski definition) is 2. The lowest BCUT2D eigenvalue weighted by Gasteiger charge is -2.16. The van der Waals surface area contributed by atoms with Crippen molar-refractivity contribution in [3.05, 3.63) is 35.6 Å². The van der Waals surface area contributed by atoms with Crippen LogP contribution in [0.25, 0.3) is 0 Å². The topological polar surface area (TPSA) is 52.6 Å². The monoisotopic (exact) mass is 266 g/mol. The Morgan fingerprint density at radius 2 is 2.26 bits per heavy atom. The van der Waals surface area contributed by atoms with E-state index in [1.54, 1.807) is 12.1 Å². The average Bonchev–Trinajstić information content (AvgIpc) is 2.86. The van der Waals surface area contributed by atoms with Crippen molar-refractivity contribution in [3.8, 4) is 0 Å². The summed E-state index contributed by atoms with van der Waals surface area (Å²) in [6.07, 6.45) is 0.986. The highest BCUT2D eigenvalue weighted by Crippen LogP contribution is 2.19. The normalized spacial score (nSPS) is 19.6. The molecule has 19 heavy (non-hydrogen) atoms. The van der Waals surface area contributed by atoms with Gasteiger partial charge in [-0.1, -0.05) is 18.2 Å². The zero-order valence-corrected chi connectivity index (χ0v) is 10.8. The fourth-order valence-electron chi connectivity index (χ4n) is 2.40. The van der Waals surface area contributed by atoms with E-state index in [-0.39, 0.29) is 11.7 Å². The summed E-state index contributed by atoms with van der Waals surface area (Å²) in [6.45, 7) is 2.48. The molecule has 1 aliphatic heterocycles. The molecule has 1 heterocycles. The zero-order chi connectivity index (χ0) is 13.7. The van der Waals surface area contributed by atoms with Crippen LogP contribution in [0.2, 0.25) is 0 Å². The van der Waals surface area contributed by atoms with Crippen molar-refractivity contribution in [2.24, 2.45) is 5.92 Å². The van der Waals surface area contributed by atoms with Gasteiger partial charge in [0, 0.05) is 25.2 Å². The molecule has 1 unspecified atom stereocenters. The number of nitrogens with one attached hydrogen (secondary N) is 1. The molecule has 0 bridgehead atoms. The Labute approximate surface area is 112 Å². The maximum atomic E-state index is 13.5. The second-order valence-corrected chi connectivity index (χ2v) is 4.94. The summed E-state index contributed by atoms with van der Waals surface area (Å²) < 4.78 is 13.5. The molecule has 2 N–H and O–H groups in total. The van der Waals surface area contributed by atoms with Crippen molar-refractivity contribution < 1.29 is 14.3 Å². The van der Waals surface area contributed by atoms with E-state index in [0.29, 0.717) is 24.6 Å².